The minimum atomic E-state index is -0.722. The number of carbonyl (C=O) groups is 3. The van der Waals surface area contributed by atoms with Crippen molar-refractivity contribution >= 4 is 29.5 Å². The van der Waals surface area contributed by atoms with Gasteiger partial charge in [-0.2, -0.15) is 0 Å². The third-order valence-electron chi connectivity index (χ3n) is 6.78. The zero-order valence-electron chi connectivity index (χ0n) is 20.0. The van der Waals surface area contributed by atoms with Gasteiger partial charge < -0.3 is 14.8 Å². The minimum Gasteiger partial charge on any atom is -0.484 e. The molecule has 0 saturated carbocycles. The number of ether oxygens (including phenoxy) is 2. The van der Waals surface area contributed by atoms with Gasteiger partial charge in [0.05, 0.1) is 0 Å². The van der Waals surface area contributed by atoms with Gasteiger partial charge >= 0.3 is 5.97 Å². The second-order valence-corrected chi connectivity index (χ2v) is 10.3. The van der Waals surface area contributed by atoms with Crippen molar-refractivity contribution in [1.82, 2.24) is 10.2 Å². The molecule has 37 heavy (non-hydrogen) atoms. The summed E-state index contributed by atoms with van der Waals surface area (Å²) in [5.41, 5.74) is 4.97. The summed E-state index contributed by atoms with van der Waals surface area (Å²) in [7, 11) is 0. The SMILES string of the molecule is CC1=C(C(=O)OC2c3ccccc3-c3ccccc32)N2C(=O)[C@@H](NC(=O)COc3ccccc3)[C@H]2SC1. The first-order valence-electron chi connectivity index (χ1n) is 12.0. The largest absolute Gasteiger partial charge is 0.484 e. The van der Waals surface area contributed by atoms with Gasteiger partial charge in [0.15, 0.2) is 12.7 Å². The Kier molecular flexibility index (Phi) is 5.96. The van der Waals surface area contributed by atoms with Crippen LogP contribution in [-0.2, 0) is 19.1 Å². The van der Waals surface area contributed by atoms with Crippen LogP contribution in [0.25, 0.3) is 11.1 Å². The molecule has 186 valence electrons. The molecule has 2 heterocycles. The van der Waals surface area contributed by atoms with Crippen molar-refractivity contribution < 1.29 is 23.9 Å². The van der Waals surface area contributed by atoms with E-state index >= 15 is 0 Å². The summed E-state index contributed by atoms with van der Waals surface area (Å²) >= 11 is 1.51. The topological polar surface area (TPSA) is 84.9 Å². The van der Waals surface area contributed by atoms with Gasteiger partial charge in [-0.25, -0.2) is 4.79 Å². The Balaban J connectivity index is 1.16. The van der Waals surface area contributed by atoms with E-state index < -0.39 is 24.0 Å². The van der Waals surface area contributed by atoms with Crippen LogP contribution in [0.4, 0.5) is 0 Å². The lowest BCUT2D eigenvalue weighted by Gasteiger charge is -2.49. The van der Waals surface area contributed by atoms with Crippen LogP contribution in [0.1, 0.15) is 24.2 Å². The van der Waals surface area contributed by atoms with E-state index in [1.54, 1.807) is 12.1 Å². The number of β-lactam (4-membered cyclic amide) rings is 1. The van der Waals surface area contributed by atoms with E-state index in [9.17, 15) is 14.4 Å². The number of esters is 1. The van der Waals surface area contributed by atoms with Gasteiger partial charge in [-0.05, 0) is 35.8 Å². The molecule has 0 spiro atoms. The second kappa shape index (κ2) is 9.44. The lowest BCUT2D eigenvalue weighted by Crippen LogP contribution is -2.70. The molecule has 0 bridgehead atoms. The van der Waals surface area contributed by atoms with E-state index in [0.29, 0.717) is 11.5 Å². The summed E-state index contributed by atoms with van der Waals surface area (Å²) in [5.74, 6) is -0.126. The number of fused-ring (bicyclic) bond motifs is 4. The number of rotatable bonds is 6. The molecule has 3 aromatic rings. The van der Waals surface area contributed by atoms with Gasteiger partial charge in [0, 0.05) is 16.9 Å². The molecular weight excluding hydrogens is 488 g/mol. The predicted octanol–water partition coefficient (Wildman–Crippen LogP) is 4.05. The van der Waals surface area contributed by atoms with E-state index in [4.69, 9.17) is 9.47 Å². The Morgan fingerprint density at radius 2 is 1.57 bits per heavy atom. The Labute approximate surface area is 218 Å². The molecule has 7 nitrogen and oxygen atoms in total. The zero-order chi connectivity index (χ0) is 25.5. The van der Waals surface area contributed by atoms with Gasteiger partial charge in [-0.3, -0.25) is 14.5 Å². The molecule has 3 aromatic carbocycles. The van der Waals surface area contributed by atoms with Crippen molar-refractivity contribution in [2.45, 2.75) is 24.4 Å². The van der Waals surface area contributed by atoms with E-state index in [-0.39, 0.29) is 23.6 Å². The third-order valence-corrected chi connectivity index (χ3v) is 8.21. The smallest absolute Gasteiger partial charge is 0.356 e. The summed E-state index contributed by atoms with van der Waals surface area (Å²) in [6.07, 6.45) is -0.546. The molecule has 0 unspecified atom stereocenters. The van der Waals surface area contributed by atoms with Crippen molar-refractivity contribution in [3.05, 3.63) is 101 Å². The fraction of sp³-hybridized carbons (Fsp3) is 0.207. The number of hydrogen-bond acceptors (Lipinski definition) is 6. The first-order chi connectivity index (χ1) is 18.0. The lowest BCUT2D eigenvalue weighted by atomic mass is 10.0. The molecule has 2 aliphatic heterocycles. The molecular formula is C29H24N2O5S. The Bertz CT molecular complexity index is 1390. The third kappa shape index (κ3) is 4.07. The summed E-state index contributed by atoms with van der Waals surface area (Å²) in [5, 5.41) is 2.39. The molecule has 3 aliphatic rings. The van der Waals surface area contributed by atoms with Crippen LogP contribution >= 0.6 is 11.8 Å². The summed E-state index contributed by atoms with van der Waals surface area (Å²) in [4.78, 5) is 40.6. The van der Waals surface area contributed by atoms with E-state index in [2.05, 4.69) is 5.32 Å². The number of thioether (sulfide) groups is 1. The fourth-order valence-electron chi connectivity index (χ4n) is 5.04. The summed E-state index contributed by atoms with van der Waals surface area (Å²) < 4.78 is 11.6. The van der Waals surface area contributed by atoms with Crippen molar-refractivity contribution in [3.8, 4) is 16.9 Å². The Morgan fingerprint density at radius 1 is 0.946 bits per heavy atom. The molecule has 0 radical (unpaired) electrons. The quantitative estimate of drug-likeness (QED) is 0.396. The first-order valence-corrected chi connectivity index (χ1v) is 13.1. The van der Waals surface area contributed by atoms with Crippen molar-refractivity contribution in [1.29, 1.82) is 0 Å². The second-order valence-electron chi connectivity index (χ2n) is 9.15. The number of amides is 2. The van der Waals surface area contributed by atoms with Gasteiger partial charge in [0.1, 0.15) is 22.9 Å². The molecule has 2 amide bonds. The molecule has 0 aromatic heterocycles. The highest BCUT2D eigenvalue weighted by Gasteiger charge is 2.54. The molecule has 8 heteroatoms. The summed E-state index contributed by atoms with van der Waals surface area (Å²) in [6.45, 7) is 1.64. The number of benzene rings is 3. The van der Waals surface area contributed by atoms with Crippen molar-refractivity contribution in [2.24, 2.45) is 0 Å². The van der Waals surface area contributed by atoms with E-state index in [1.165, 1.54) is 16.7 Å². The predicted molar refractivity (Wildman–Crippen MR) is 139 cm³/mol. The van der Waals surface area contributed by atoms with Crippen molar-refractivity contribution in [3.63, 3.8) is 0 Å². The van der Waals surface area contributed by atoms with Gasteiger partial charge in [0.2, 0.25) is 0 Å². The standard InChI is InChI=1S/C29H24N2O5S/c1-17-16-37-28-24(30-23(32)15-35-18-9-3-2-4-10-18)27(33)31(28)25(17)29(34)36-26-21-13-7-5-11-19(21)20-12-6-8-14-22(20)26/h2-14,24,26,28H,15-16H2,1H3,(H,30,32)/t24-,28-/m1/s1. The molecule has 1 saturated heterocycles. The monoisotopic (exact) mass is 512 g/mol. The highest BCUT2D eigenvalue weighted by Crippen LogP contribution is 2.46. The maximum Gasteiger partial charge on any atom is 0.356 e. The highest BCUT2D eigenvalue weighted by molar-refractivity contribution is 8.00. The Morgan fingerprint density at radius 3 is 2.24 bits per heavy atom. The molecule has 2 atom stereocenters. The van der Waals surface area contributed by atoms with Crippen LogP contribution < -0.4 is 10.1 Å². The Hall–Kier alpha value is -4.04. The number of para-hydroxylation sites is 1. The van der Waals surface area contributed by atoms with E-state index in [0.717, 1.165) is 27.8 Å². The van der Waals surface area contributed by atoms with Crippen LogP contribution in [0.3, 0.4) is 0 Å². The van der Waals surface area contributed by atoms with Crippen LogP contribution in [0.15, 0.2) is 90.1 Å². The maximum atomic E-state index is 13.5. The number of carbonyl (C=O) groups excluding carboxylic acids is 3. The molecule has 1 fully saturated rings. The summed E-state index contributed by atoms with van der Waals surface area (Å²) in [6, 6.07) is 24.0. The van der Waals surface area contributed by atoms with Crippen LogP contribution in [-0.4, -0.2) is 46.5 Å². The average molecular weight is 513 g/mol. The minimum absolute atomic E-state index is 0.199. The van der Waals surface area contributed by atoms with Gasteiger partial charge in [-0.15, -0.1) is 11.8 Å². The van der Waals surface area contributed by atoms with Gasteiger partial charge in [0.25, 0.3) is 11.8 Å². The number of hydrogen-bond donors (Lipinski definition) is 1. The van der Waals surface area contributed by atoms with Gasteiger partial charge in [-0.1, -0.05) is 66.7 Å². The molecule has 1 N–H and O–H groups in total. The van der Waals surface area contributed by atoms with Crippen LogP contribution in [0.2, 0.25) is 0 Å². The van der Waals surface area contributed by atoms with Crippen LogP contribution in [0, 0.1) is 0 Å². The normalized spacial score (nSPS) is 19.9. The highest BCUT2D eigenvalue weighted by atomic mass is 32.2. The maximum absolute atomic E-state index is 13.5. The number of nitrogens with zero attached hydrogens (tertiary/aromatic N) is 1. The van der Waals surface area contributed by atoms with Crippen LogP contribution in [0.5, 0.6) is 5.75 Å². The van der Waals surface area contributed by atoms with E-state index in [1.807, 2.05) is 73.7 Å². The lowest BCUT2D eigenvalue weighted by molar-refractivity contribution is -0.154. The first kappa shape index (κ1) is 23.4. The molecule has 1 aliphatic carbocycles. The average Bonchev–Trinajstić information content (AvgIpc) is 3.24. The van der Waals surface area contributed by atoms with Crippen molar-refractivity contribution in [2.75, 3.05) is 12.4 Å². The zero-order valence-corrected chi connectivity index (χ0v) is 20.9. The fourth-order valence-corrected chi connectivity index (χ4v) is 6.33. The number of nitrogens with one attached hydrogen (secondary N) is 1. The molecule has 6 rings (SSSR count).